The fourth-order valence-corrected chi connectivity index (χ4v) is 1.85. The predicted octanol–water partition coefficient (Wildman–Crippen LogP) is 1.02. The number of carbonyl (C=O) groups is 1. The van der Waals surface area contributed by atoms with Crippen molar-refractivity contribution >= 4 is 5.97 Å². The highest BCUT2D eigenvalue weighted by molar-refractivity contribution is 5.88. The standard InChI is InChI=1S/C12H20O4/c1-9(10(7-13)8-14)12(15)16-11-5-3-2-4-6-11/h10-11,13-14H,1-8H2. The molecule has 4 nitrogen and oxygen atoms in total. The third-order valence-corrected chi connectivity index (χ3v) is 3.02. The molecule has 1 rings (SSSR count). The third-order valence-electron chi connectivity index (χ3n) is 3.02. The fraction of sp³-hybridized carbons (Fsp3) is 0.750. The first-order chi connectivity index (χ1) is 7.69. The summed E-state index contributed by atoms with van der Waals surface area (Å²) >= 11 is 0. The van der Waals surface area contributed by atoms with Crippen LogP contribution in [0.4, 0.5) is 0 Å². The number of rotatable bonds is 5. The summed E-state index contributed by atoms with van der Waals surface area (Å²) in [6.45, 7) is 3.00. The van der Waals surface area contributed by atoms with Crippen LogP contribution in [0.1, 0.15) is 32.1 Å². The summed E-state index contributed by atoms with van der Waals surface area (Å²) in [5, 5.41) is 17.8. The van der Waals surface area contributed by atoms with Crippen molar-refractivity contribution in [3.05, 3.63) is 12.2 Å². The molecule has 16 heavy (non-hydrogen) atoms. The lowest BCUT2D eigenvalue weighted by Gasteiger charge is -2.23. The van der Waals surface area contributed by atoms with E-state index in [1.165, 1.54) is 6.42 Å². The second-order valence-electron chi connectivity index (χ2n) is 4.25. The van der Waals surface area contributed by atoms with Crippen molar-refractivity contribution in [2.75, 3.05) is 13.2 Å². The molecule has 0 unspecified atom stereocenters. The maximum absolute atomic E-state index is 11.6. The average molecular weight is 228 g/mol. The Morgan fingerprint density at radius 2 is 1.81 bits per heavy atom. The molecule has 0 aromatic heterocycles. The molecule has 0 atom stereocenters. The van der Waals surface area contributed by atoms with Gasteiger partial charge in [0.2, 0.25) is 0 Å². The van der Waals surface area contributed by atoms with E-state index in [9.17, 15) is 4.79 Å². The summed E-state index contributed by atoms with van der Waals surface area (Å²) in [7, 11) is 0. The Morgan fingerprint density at radius 3 is 2.31 bits per heavy atom. The molecule has 0 bridgehead atoms. The van der Waals surface area contributed by atoms with Gasteiger partial charge < -0.3 is 14.9 Å². The van der Waals surface area contributed by atoms with E-state index in [-0.39, 0.29) is 24.9 Å². The van der Waals surface area contributed by atoms with Crippen LogP contribution < -0.4 is 0 Å². The molecular formula is C12H20O4. The summed E-state index contributed by atoms with van der Waals surface area (Å²) in [6, 6.07) is 0. The maximum Gasteiger partial charge on any atom is 0.334 e. The Labute approximate surface area is 95.9 Å². The van der Waals surface area contributed by atoms with Crippen LogP contribution in [0.3, 0.4) is 0 Å². The largest absolute Gasteiger partial charge is 0.459 e. The lowest BCUT2D eigenvalue weighted by Crippen LogP contribution is -2.26. The normalized spacial score (nSPS) is 17.4. The number of hydrogen-bond acceptors (Lipinski definition) is 4. The van der Waals surface area contributed by atoms with Crippen molar-refractivity contribution in [3.63, 3.8) is 0 Å². The molecule has 0 amide bonds. The van der Waals surface area contributed by atoms with E-state index in [2.05, 4.69) is 6.58 Å². The van der Waals surface area contributed by atoms with Crippen molar-refractivity contribution in [3.8, 4) is 0 Å². The molecular weight excluding hydrogens is 208 g/mol. The monoisotopic (exact) mass is 228 g/mol. The van der Waals surface area contributed by atoms with Crippen LogP contribution in [0.2, 0.25) is 0 Å². The first-order valence-electron chi connectivity index (χ1n) is 5.80. The minimum absolute atomic E-state index is 0.0176. The number of esters is 1. The van der Waals surface area contributed by atoms with Crippen LogP contribution in [0, 0.1) is 5.92 Å². The Hall–Kier alpha value is -0.870. The van der Waals surface area contributed by atoms with Crippen LogP contribution >= 0.6 is 0 Å². The highest BCUT2D eigenvalue weighted by Gasteiger charge is 2.23. The van der Waals surface area contributed by atoms with Gasteiger partial charge in [-0.2, -0.15) is 0 Å². The molecule has 0 aromatic rings. The van der Waals surface area contributed by atoms with Gasteiger partial charge in [0.1, 0.15) is 6.10 Å². The highest BCUT2D eigenvalue weighted by atomic mass is 16.5. The number of carbonyl (C=O) groups excluding carboxylic acids is 1. The van der Waals surface area contributed by atoms with Gasteiger partial charge in [0.05, 0.1) is 13.2 Å². The van der Waals surface area contributed by atoms with Crippen molar-refractivity contribution in [2.24, 2.45) is 5.92 Å². The van der Waals surface area contributed by atoms with Crippen LogP contribution in [0.15, 0.2) is 12.2 Å². The molecule has 0 aromatic carbocycles. The molecule has 1 fully saturated rings. The topological polar surface area (TPSA) is 66.8 Å². The van der Waals surface area contributed by atoms with Gasteiger partial charge in [0, 0.05) is 11.5 Å². The number of ether oxygens (including phenoxy) is 1. The van der Waals surface area contributed by atoms with Gasteiger partial charge in [-0.3, -0.25) is 0 Å². The Bertz CT molecular complexity index is 239. The number of aliphatic hydroxyl groups excluding tert-OH is 2. The smallest absolute Gasteiger partial charge is 0.334 e. The second-order valence-corrected chi connectivity index (χ2v) is 4.25. The zero-order chi connectivity index (χ0) is 12.0. The molecule has 4 heteroatoms. The van der Waals surface area contributed by atoms with E-state index in [1.54, 1.807) is 0 Å². The zero-order valence-corrected chi connectivity index (χ0v) is 9.52. The van der Waals surface area contributed by atoms with E-state index < -0.39 is 11.9 Å². The first kappa shape index (κ1) is 13.2. The van der Waals surface area contributed by atoms with Gasteiger partial charge >= 0.3 is 5.97 Å². The second kappa shape index (κ2) is 6.66. The summed E-state index contributed by atoms with van der Waals surface area (Å²) in [6.07, 6.45) is 5.17. The van der Waals surface area contributed by atoms with Crippen molar-refractivity contribution in [2.45, 2.75) is 38.2 Å². The summed E-state index contributed by atoms with van der Waals surface area (Å²) in [5.74, 6) is -1.09. The summed E-state index contributed by atoms with van der Waals surface area (Å²) in [5.41, 5.74) is 0.163. The average Bonchev–Trinajstić information content (AvgIpc) is 2.31. The molecule has 0 heterocycles. The van der Waals surface area contributed by atoms with Crippen molar-refractivity contribution in [1.29, 1.82) is 0 Å². The predicted molar refractivity (Wildman–Crippen MR) is 59.8 cm³/mol. The lowest BCUT2D eigenvalue weighted by atomic mass is 9.97. The van der Waals surface area contributed by atoms with Gasteiger partial charge in [-0.05, 0) is 25.7 Å². The van der Waals surface area contributed by atoms with E-state index in [0.29, 0.717) is 0 Å². The lowest BCUT2D eigenvalue weighted by molar-refractivity contribution is -0.146. The number of aliphatic hydroxyl groups is 2. The molecule has 92 valence electrons. The van der Waals surface area contributed by atoms with Gasteiger partial charge in [-0.1, -0.05) is 13.0 Å². The number of hydrogen-bond donors (Lipinski definition) is 2. The molecule has 1 saturated carbocycles. The van der Waals surface area contributed by atoms with Gasteiger partial charge in [-0.15, -0.1) is 0 Å². The summed E-state index contributed by atoms with van der Waals surface area (Å²) in [4.78, 5) is 11.6. The zero-order valence-electron chi connectivity index (χ0n) is 9.52. The highest BCUT2D eigenvalue weighted by Crippen LogP contribution is 2.22. The first-order valence-corrected chi connectivity index (χ1v) is 5.80. The SMILES string of the molecule is C=C(C(=O)OC1CCCCC1)C(CO)CO. The van der Waals surface area contributed by atoms with Gasteiger partial charge in [0.25, 0.3) is 0 Å². The quantitative estimate of drug-likeness (QED) is 0.544. The molecule has 2 N–H and O–H groups in total. The van der Waals surface area contributed by atoms with Crippen LogP contribution in [-0.2, 0) is 9.53 Å². The van der Waals surface area contributed by atoms with Crippen LogP contribution in [0.25, 0.3) is 0 Å². The fourth-order valence-electron chi connectivity index (χ4n) is 1.85. The van der Waals surface area contributed by atoms with Crippen LogP contribution in [0.5, 0.6) is 0 Å². The van der Waals surface area contributed by atoms with E-state index in [4.69, 9.17) is 14.9 Å². The van der Waals surface area contributed by atoms with E-state index >= 15 is 0 Å². The Kier molecular flexibility index (Phi) is 5.49. The van der Waals surface area contributed by atoms with Crippen LogP contribution in [-0.4, -0.2) is 35.5 Å². The van der Waals surface area contributed by atoms with Gasteiger partial charge in [-0.25, -0.2) is 4.79 Å². The molecule has 0 spiro atoms. The van der Waals surface area contributed by atoms with E-state index in [0.717, 1.165) is 25.7 Å². The third kappa shape index (κ3) is 3.61. The molecule has 0 aliphatic heterocycles. The molecule has 1 aliphatic rings. The van der Waals surface area contributed by atoms with Gasteiger partial charge in [0.15, 0.2) is 0 Å². The Morgan fingerprint density at radius 1 is 1.25 bits per heavy atom. The maximum atomic E-state index is 11.6. The Balaban J connectivity index is 2.41. The van der Waals surface area contributed by atoms with Crippen molar-refractivity contribution < 1.29 is 19.7 Å². The summed E-state index contributed by atoms with van der Waals surface area (Å²) < 4.78 is 5.28. The van der Waals surface area contributed by atoms with E-state index in [1.807, 2.05) is 0 Å². The minimum atomic E-state index is -0.601. The van der Waals surface area contributed by atoms with Crippen molar-refractivity contribution in [1.82, 2.24) is 0 Å². The minimum Gasteiger partial charge on any atom is -0.459 e. The molecule has 0 saturated heterocycles. The molecule has 1 aliphatic carbocycles. The molecule has 0 radical (unpaired) electrons.